The van der Waals surface area contributed by atoms with Crippen molar-refractivity contribution in [1.82, 2.24) is 5.32 Å². The number of hydrogen-bond acceptors (Lipinski definition) is 9. The Morgan fingerprint density at radius 1 is 1.06 bits per heavy atom. The normalized spacial score (nSPS) is 15.3. The van der Waals surface area contributed by atoms with Gasteiger partial charge in [0.2, 0.25) is 0 Å². The lowest BCUT2D eigenvalue weighted by atomic mass is 9.90. The first kappa shape index (κ1) is 24.1. The van der Waals surface area contributed by atoms with E-state index in [0.717, 1.165) is 7.11 Å². The molecule has 0 saturated heterocycles. The fourth-order valence-corrected chi connectivity index (χ4v) is 3.51. The van der Waals surface area contributed by atoms with Crippen LogP contribution in [0.15, 0.2) is 71.4 Å². The van der Waals surface area contributed by atoms with Crippen LogP contribution in [-0.4, -0.2) is 29.5 Å². The molecule has 0 saturated carbocycles. The van der Waals surface area contributed by atoms with Crippen LogP contribution in [0.1, 0.15) is 30.9 Å². The maximum atomic E-state index is 11.9. The van der Waals surface area contributed by atoms with Gasteiger partial charge in [-0.15, -0.1) is 0 Å². The van der Waals surface area contributed by atoms with E-state index in [2.05, 4.69) is 10.1 Å². The number of methoxy groups -OCH3 is 1. The van der Waals surface area contributed by atoms with E-state index in [9.17, 15) is 24.8 Å². The molecule has 1 heterocycles. The topological polar surface area (TPSA) is 146 Å². The summed E-state index contributed by atoms with van der Waals surface area (Å²) in [5, 5.41) is 23.3. The first-order chi connectivity index (χ1) is 16.2. The maximum absolute atomic E-state index is 11.9. The number of hydrogen-bond donors (Lipinski definition) is 2. The third-order valence-electron chi connectivity index (χ3n) is 4.94. The Bertz CT molecular complexity index is 1190. The Kier molecular flexibility index (Phi) is 7.36. The van der Waals surface area contributed by atoms with E-state index >= 15 is 0 Å². The van der Waals surface area contributed by atoms with Gasteiger partial charge in [-0.25, -0.2) is 9.59 Å². The van der Waals surface area contributed by atoms with E-state index in [1.165, 1.54) is 12.1 Å². The van der Waals surface area contributed by atoms with Gasteiger partial charge in [0.15, 0.2) is 0 Å². The number of rotatable bonds is 7. The molecule has 1 aliphatic rings. The number of non-ortho nitro benzene ring substituents is 1. The van der Waals surface area contributed by atoms with Crippen LogP contribution in [0, 0.1) is 10.1 Å². The standard InChI is InChI=1S/C23H22N2O9/c1-13-20(33-22(26)27)19(21(14(2)24-13)34-23(28)31-3)17-9-4-5-10-18(17)32-12-15-7-6-8-16(11-15)25(29)30/h4-11,19,24H,12H2,1-3H3,(H,26,27). The zero-order valence-corrected chi connectivity index (χ0v) is 18.6. The number of para-hydroxylation sites is 1. The van der Waals surface area contributed by atoms with Crippen molar-refractivity contribution in [2.75, 3.05) is 7.11 Å². The highest BCUT2D eigenvalue weighted by Crippen LogP contribution is 2.43. The van der Waals surface area contributed by atoms with Crippen LogP contribution < -0.4 is 10.1 Å². The molecule has 0 spiro atoms. The number of carbonyl (C=O) groups is 2. The quantitative estimate of drug-likeness (QED) is 0.328. The minimum atomic E-state index is -1.55. The summed E-state index contributed by atoms with van der Waals surface area (Å²) in [4.78, 5) is 33.9. The van der Waals surface area contributed by atoms with Gasteiger partial charge in [-0.1, -0.05) is 30.3 Å². The zero-order valence-electron chi connectivity index (χ0n) is 18.6. The van der Waals surface area contributed by atoms with Crippen molar-refractivity contribution in [3.63, 3.8) is 0 Å². The SMILES string of the molecule is COC(=O)OC1=C(C)NC(C)=C(OC(=O)O)C1c1ccccc1OCc1cccc([N+](=O)[O-])c1. The number of allylic oxidation sites excluding steroid dienone is 2. The smallest absolute Gasteiger partial charge is 0.489 e. The first-order valence-corrected chi connectivity index (χ1v) is 10.0. The fraction of sp³-hybridized carbons (Fsp3) is 0.217. The highest BCUT2D eigenvalue weighted by atomic mass is 16.7. The molecule has 1 atom stereocenters. The van der Waals surface area contributed by atoms with Crippen molar-refractivity contribution in [3.8, 4) is 5.75 Å². The Balaban J connectivity index is 2.03. The highest BCUT2D eigenvalue weighted by molar-refractivity contribution is 5.64. The van der Waals surface area contributed by atoms with E-state index in [0.29, 0.717) is 28.3 Å². The van der Waals surface area contributed by atoms with Gasteiger partial charge in [-0.05, 0) is 25.5 Å². The molecule has 34 heavy (non-hydrogen) atoms. The van der Waals surface area contributed by atoms with Gasteiger partial charge in [0.25, 0.3) is 5.69 Å². The van der Waals surface area contributed by atoms with Crippen molar-refractivity contribution in [3.05, 3.63) is 92.7 Å². The number of nitro groups is 1. The molecule has 11 heteroatoms. The lowest BCUT2D eigenvalue weighted by molar-refractivity contribution is -0.384. The van der Waals surface area contributed by atoms with E-state index in [4.69, 9.17) is 14.2 Å². The summed E-state index contributed by atoms with van der Waals surface area (Å²) in [6, 6.07) is 12.7. The number of carbonyl (C=O) groups excluding carboxylic acids is 1. The fourth-order valence-electron chi connectivity index (χ4n) is 3.51. The van der Waals surface area contributed by atoms with E-state index in [1.807, 2.05) is 0 Å². The van der Waals surface area contributed by atoms with E-state index < -0.39 is 23.2 Å². The van der Waals surface area contributed by atoms with Crippen LogP contribution >= 0.6 is 0 Å². The number of benzene rings is 2. The molecule has 0 bridgehead atoms. The summed E-state index contributed by atoms with van der Waals surface area (Å²) < 4.78 is 21.0. The maximum Gasteiger partial charge on any atom is 0.513 e. The zero-order chi connectivity index (χ0) is 24.8. The number of ether oxygens (including phenoxy) is 4. The summed E-state index contributed by atoms with van der Waals surface area (Å²) >= 11 is 0. The van der Waals surface area contributed by atoms with Gasteiger partial charge in [0, 0.05) is 17.7 Å². The number of nitrogens with zero attached hydrogens (tertiary/aromatic N) is 1. The van der Waals surface area contributed by atoms with Crippen molar-refractivity contribution in [2.24, 2.45) is 0 Å². The molecule has 2 N–H and O–H groups in total. The molecule has 11 nitrogen and oxygen atoms in total. The molecule has 0 aromatic heterocycles. The predicted molar refractivity (Wildman–Crippen MR) is 118 cm³/mol. The Morgan fingerprint density at radius 2 is 1.74 bits per heavy atom. The molecule has 0 amide bonds. The molecule has 1 unspecified atom stereocenters. The summed E-state index contributed by atoms with van der Waals surface area (Å²) in [7, 11) is 1.15. The highest BCUT2D eigenvalue weighted by Gasteiger charge is 2.37. The number of nitro benzene ring substituents is 1. The Morgan fingerprint density at radius 3 is 2.38 bits per heavy atom. The molecule has 0 aliphatic carbocycles. The summed E-state index contributed by atoms with van der Waals surface area (Å²) in [5.74, 6) is -0.569. The lowest BCUT2D eigenvalue weighted by Crippen LogP contribution is -2.29. The van der Waals surface area contributed by atoms with E-state index in [1.54, 1.807) is 50.2 Å². The first-order valence-electron chi connectivity index (χ1n) is 10.0. The molecule has 2 aromatic rings. The second-order valence-corrected chi connectivity index (χ2v) is 7.21. The van der Waals surface area contributed by atoms with Gasteiger partial charge in [0.1, 0.15) is 29.8 Å². The monoisotopic (exact) mass is 470 g/mol. The number of carboxylic acid groups (broad SMARTS) is 1. The van der Waals surface area contributed by atoms with Gasteiger partial charge >= 0.3 is 12.3 Å². The predicted octanol–water partition coefficient (Wildman–Crippen LogP) is 4.80. The second kappa shape index (κ2) is 10.4. The average molecular weight is 470 g/mol. The van der Waals surface area contributed by atoms with Gasteiger partial charge in [-0.3, -0.25) is 10.1 Å². The molecule has 0 radical (unpaired) electrons. The number of dihydropyridines is 1. The van der Waals surface area contributed by atoms with Crippen LogP contribution in [0.25, 0.3) is 0 Å². The van der Waals surface area contributed by atoms with Crippen LogP contribution in [0.5, 0.6) is 5.75 Å². The van der Waals surface area contributed by atoms with Gasteiger partial charge in [-0.2, -0.15) is 0 Å². The Hall–Kier alpha value is -4.54. The molecule has 1 aliphatic heterocycles. The van der Waals surface area contributed by atoms with Crippen LogP contribution in [-0.2, 0) is 20.8 Å². The lowest BCUT2D eigenvalue weighted by Gasteiger charge is -2.30. The third-order valence-corrected chi connectivity index (χ3v) is 4.94. The molecule has 3 rings (SSSR count). The van der Waals surface area contributed by atoms with Crippen molar-refractivity contribution >= 4 is 18.0 Å². The van der Waals surface area contributed by atoms with Crippen molar-refractivity contribution in [1.29, 1.82) is 0 Å². The molecular weight excluding hydrogens is 448 g/mol. The number of nitrogens with one attached hydrogen (secondary N) is 1. The molecule has 0 fully saturated rings. The van der Waals surface area contributed by atoms with E-state index in [-0.39, 0.29) is 23.8 Å². The molecular formula is C23H22N2O9. The van der Waals surface area contributed by atoms with Crippen LogP contribution in [0.4, 0.5) is 15.3 Å². The van der Waals surface area contributed by atoms with Crippen LogP contribution in [0.2, 0.25) is 0 Å². The van der Waals surface area contributed by atoms with Crippen molar-refractivity contribution < 1.29 is 38.6 Å². The second-order valence-electron chi connectivity index (χ2n) is 7.21. The summed E-state index contributed by atoms with van der Waals surface area (Å²) in [6.07, 6.45) is -2.54. The largest absolute Gasteiger partial charge is 0.513 e. The summed E-state index contributed by atoms with van der Waals surface area (Å²) in [6.45, 7) is 3.27. The average Bonchev–Trinajstić information content (AvgIpc) is 2.81. The molecule has 2 aromatic carbocycles. The minimum absolute atomic E-state index is 0.00261. The molecule has 178 valence electrons. The van der Waals surface area contributed by atoms with Crippen molar-refractivity contribution in [2.45, 2.75) is 26.4 Å². The third kappa shape index (κ3) is 5.44. The summed E-state index contributed by atoms with van der Waals surface area (Å²) in [5.41, 5.74) is 1.77. The minimum Gasteiger partial charge on any atom is -0.489 e. The Labute approximate surface area is 194 Å². The van der Waals surface area contributed by atoms with Crippen LogP contribution in [0.3, 0.4) is 0 Å². The van der Waals surface area contributed by atoms with Gasteiger partial charge < -0.3 is 29.4 Å². The van der Waals surface area contributed by atoms with Gasteiger partial charge in [0.05, 0.1) is 23.4 Å².